The largest absolute Gasteiger partial charge is 0.365 e. The fourth-order valence-corrected chi connectivity index (χ4v) is 3.99. The Hall–Kier alpha value is -3.42. The Morgan fingerprint density at radius 2 is 2.00 bits per heavy atom. The molecule has 0 unspecified atom stereocenters. The summed E-state index contributed by atoms with van der Waals surface area (Å²) < 4.78 is 5.30. The zero-order valence-electron chi connectivity index (χ0n) is 16.8. The van der Waals surface area contributed by atoms with Crippen LogP contribution in [0.5, 0.6) is 0 Å². The number of nitrogens with zero attached hydrogens (tertiary/aromatic N) is 6. The van der Waals surface area contributed by atoms with Crippen LogP contribution in [0, 0.1) is 6.92 Å². The van der Waals surface area contributed by atoms with Crippen LogP contribution in [0.2, 0.25) is 0 Å². The van der Waals surface area contributed by atoms with Crippen molar-refractivity contribution < 1.29 is 0 Å². The Labute approximate surface area is 168 Å². The Morgan fingerprint density at radius 1 is 1.21 bits per heavy atom. The third-order valence-electron chi connectivity index (χ3n) is 5.50. The molecule has 1 N–H and O–H groups in total. The lowest BCUT2D eigenvalue weighted by Gasteiger charge is -2.14. The van der Waals surface area contributed by atoms with Gasteiger partial charge in [0.15, 0.2) is 11.6 Å². The third kappa shape index (κ3) is 2.83. The van der Waals surface area contributed by atoms with Gasteiger partial charge in [0.25, 0.3) is 0 Å². The molecule has 1 aromatic carbocycles. The molecule has 0 spiro atoms. The monoisotopic (exact) mass is 389 g/mol. The summed E-state index contributed by atoms with van der Waals surface area (Å²) in [5.41, 5.74) is 3.45. The molecule has 2 aromatic rings. The molecule has 0 radical (unpaired) electrons. The number of aryl methyl sites for hydroxylation is 2. The van der Waals surface area contributed by atoms with Gasteiger partial charge in [-0.25, -0.2) is 14.8 Å². The van der Waals surface area contributed by atoms with E-state index < -0.39 is 0 Å². The molecule has 29 heavy (non-hydrogen) atoms. The maximum absolute atomic E-state index is 13.4. The average Bonchev–Trinajstić information content (AvgIpc) is 3.42. The predicted octanol–water partition coefficient (Wildman–Crippen LogP) is 2.51. The van der Waals surface area contributed by atoms with E-state index in [1.807, 2.05) is 50.4 Å². The molecule has 8 heteroatoms. The van der Waals surface area contributed by atoms with Crippen molar-refractivity contribution in [3.63, 3.8) is 0 Å². The van der Waals surface area contributed by atoms with Crippen LogP contribution in [0.25, 0.3) is 23.0 Å². The molecule has 3 aliphatic rings. The van der Waals surface area contributed by atoms with Crippen LogP contribution >= 0.6 is 0 Å². The van der Waals surface area contributed by atoms with Gasteiger partial charge in [-0.15, -0.1) is 0 Å². The first kappa shape index (κ1) is 17.7. The molecule has 0 aliphatic carbocycles. The van der Waals surface area contributed by atoms with E-state index in [1.54, 1.807) is 13.8 Å². The molecule has 1 atom stereocenters. The summed E-state index contributed by atoms with van der Waals surface area (Å²) in [6.45, 7) is 5.15. The van der Waals surface area contributed by atoms with Crippen LogP contribution in [0.15, 0.2) is 41.2 Å². The first-order valence-electron chi connectivity index (χ1n) is 9.87. The van der Waals surface area contributed by atoms with Gasteiger partial charge in [0.05, 0.1) is 12.2 Å². The number of benzene rings is 1. The molecule has 0 saturated carbocycles. The maximum atomic E-state index is 13.4. The minimum Gasteiger partial charge on any atom is -0.365 e. The summed E-state index contributed by atoms with van der Waals surface area (Å²) in [4.78, 5) is 23.0. The number of imidazole rings is 1. The SMILES string of the molecule is CC[C@H]1Cn2c(c3nc(-c4cc(C)nn4C)nc-3n(Cc3ccccc3)c2=O)N1. The topological polar surface area (TPSA) is 82.6 Å². The van der Waals surface area contributed by atoms with E-state index in [-0.39, 0.29) is 11.7 Å². The van der Waals surface area contributed by atoms with Crippen molar-refractivity contribution in [1.29, 1.82) is 0 Å². The molecule has 0 fully saturated rings. The van der Waals surface area contributed by atoms with Crippen molar-refractivity contribution in [3.05, 3.63) is 58.1 Å². The molecule has 0 amide bonds. The van der Waals surface area contributed by atoms with Crippen molar-refractivity contribution in [3.8, 4) is 23.0 Å². The molecular weight excluding hydrogens is 366 g/mol. The minimum absolute atomic E-state index is 0.0626. The molecule has 148 valence electrons. The summed E-state index contributed by atoms with van der Waals surface area (Å²) >= 11 is 0. The summed E-state index contributed by atoms with van der Waals surface area (Å²) in [5, 5.41) is 7.88. The summed E-state index contributed by atoms with van der Waals surface area (Å²) in [5.74, 6) is 1.95. The number of fused-ring (bicyclic) bond motifs is 3. The highest BCUT2D eigenvalue weighted by Gasteiger charge is 2.31. The molecule has 0 bridgehead atoms. The van der Waals surface area contributed by atoms with Crippen molar-refractivity contribution in [2.45, 2.75) is 39.4 Å². The minimum atomic E-state index is -0.0626. The second-order valence-electron chi connectivity index (χ2n) is 7.58. The van der Waals surface area contributed by atoms with E-state index in [9.17, 15) is 4.79 Å². The van der Waals surface area contributed by atoms with Gasteiger partial charge >= 0.3 is 5.69 Å². The molecule has 1 aromatic heterocycles. The number of aromatic nitrogens is 6. The molecule has 5 rings (SSSR count). The normalized spacial score (nSPS) is 15.6. The molecule has 3 aliphatic heterocycles. The van der Waals surface area contributed by atoms with E-state index in [0.29, 0.717) is 24.7 Å². The molecule has 8 nitrogen and oxygen atoms in total. The maximum Gasteiger partial charge on any atom is 0.331 e. The second kappa shape index (κ2) is 6.58. The van der Waals surface area contributed by atoms with Crippen LogP contribution in [0.4, 0.5) is 5.82 Å². The first-order chi connectivity index (χ1) is 14.0. The predicted molar refractivity (Wildman–Crippen MR) is 111 cm³/mol. The van der Waals surface area contributed by atoms with Crippen molar-refractivity contribution >= 4 is 5.82 Å². The Balaban J connectivity index is 1.73. The van der Waals surface area contributed by atoms with Crippen LogP contribution < -0.4 is 11.0 Å². The Bertz CT molecular complexity index is 1220. The van der Waals surface area contributed by atoms with E-state index >= 15 is 0 Å². The molecule has 0 saturated heterocycles. The van der Waals surface area contributed by atoms with E-state index in [0.717, 1.165) is 34.9 Å². The van der Waals surface area contributed by atoms with E-state index in [4.69, 9.17) is 9.97 Å². The van der Waals surface area contributed by atoms with E-state index in [1.165, 1.54) is 0 Å². The van der Waals surface area contributed by atoms with Crippen LogP contribution in [0.3, 0.4) is 0 Å². The van der Waals surface area contributed by atoms with E-state index in [2.05, 4.69) is 17.3 Å². The second-order valence-corrected chi connectivity index (χ2v) is 7.58. The molecular formula is C21H23N7O. The third-order valence-corrected chi connectivity index (χ3v) is 5.50. The van der Waals surface area contributed by atoms with Crippen LogP contribution in [0.1, 0.15) is 24.6 Å². The number of hydrogen-bond acceptors (Lipinski definition) is 5. The van der Waals surface area contributed by atoms with Gasteiger partial charge in [-0.2, -0.15) is 5.10 Å². The average molecular weight is 389 g/mol. The number of rotatable bonds is 4. The number of anilines is 1. The van der Waals surface area contributed by atoms with Crippen LogP contribution in [-0.2, 0) is 20.1 Å². The fourth-order valence-electron chi connectivity index (χ4n) is 3.99. The summed E-state index contributed by atoms with van der Waals surface area (Å²) in [7, 11) is 1.88. The lowest BCUT2D eigenvalue weighted by molar-refractivity contribution is 0.579. The smallest absolute Gasteiger partial charge is 0.331 e. The van der Waals surface area contributed by atoms with Crippen molar-refractivity contribution in [1.82, 2.24) is 28.9 Å². The highest BCUT2D eigenvalue weighted by atomic mass is 16.1. The van der Waals surface area contributed by atoms with Gasteiger partial charge in [-0.3, -0.25) is 13.8 Å². The first-order valence-corrected chi connectivity index (χ1v) is 9.87. The van der Waals surface area contributed by atoms with Crippen molar-refractivity contribution in [2.24, 2.45) is 7.05 Å². The number of hydrogen-bond donors (Lipinski definition) is 1. The molecule has 4 heterocycles. The van der Waals surface area contributed by atoms with Gasteiger partial charge in [-0.05, 0) is 25.0 Å². The van der Waals surface area contributed by atoms with Crippen LogP contribution in [-0.4, -0.2) is 34.9 Å². The van der Waals surface area contributed by atoms with Gasteiger partial charge in [0, 0.05) is 19.6 Å². The van der Waals surface area contributed by atoms with Gasteiger partial charge < -0.3 is 5.32 Å². The fraction of sp³-hybridized carbons (Fsp3) is 0.333. The highest BCUT2D eigenvalue weighted by Crippen LogP contribution is 2.33. The van der Waals surface area contributed by atoms with Gasteiger partial charge in [-0.1, -0.05) is 37.3 Å². The quantitative estimate of drug-likeness (QED) is 0.580. The Morgan fingerprint density at radius 3 is 2.69 bits per heavy atom. The van der Waals surface area contributed by atoms with Gasteiger partial charge in [0.2, 0.25) is 0 Å². The standard InChI is InChI=1S/C21H23N7O/c1-4-15-12-28-19(22-15)17-20(24-18(23-17)16-10-13(2)25-26(16)3)27(21(28)29)11-14-8-6-5-7-9-14/h5-10,15,22H,4,11-12H2,1-3H3/t15-/m0/s1. The Kier molecular flexibility index (Phi) is 4.01. The van der Waals surface area contributed by atoms with Crippen molar-refractivity contribution in [2.75, 3.05) is 5.32 Å². The van der Waals surface area contributed by atoms with Gasteiger partial charge in [0.1, 0.15) is 17.2 Å². The lowest BCUT2D eigenvalue weighted by atomic mass is 10.2. The lowest BCUT2D eigenvalue weighted by Crippen LogP contribution is -2.32. The summed E-state index contributed by atoms with van der Waals surface area (Å²) in [6, 6.07) is 12.2. The summed E-state index contributed by atoms with van der Waals surface area (Å²) in [6.07, 6.45) is 0.934. The zero-order valence-corrected chi connectivity index (χ0v) is 16.8. The number of nitrogens with one attached hydrogen (secondary N) is 1. The highest BCUT2D eigenvalue weighted by molar-refractivity contribution is 5.73. The zero-order chi connectivity index (χ0) is 20.1.